The van der Waals surface area contributed by atoms with E-state index in [0.717, 1.165) is 5.56 Å². The van der Waals surface area contributed by atoms with Crippen molar-refractivity contribution in [3.8, 4) is 0 Å². The number of amides is 2. The molecule has 1 aromatic carbocycles. The zero-order valence-electron chi connectivity index (χ0n) is 15.9. The molecule has 1 fully saturated rings. The lowest BCUT2D eigenvalue weighted by Gasteiger charge is -2.32. The summed E-state index contributed by atoms with van der Waals surface area (Å²) in [6.07, 6.45) is 0.653. The summed E-state index contributed by atoms with van der Waals surface area (Å²) in [5, 5.41) is 20.1. The highest BCUT2D eigenvalue weighted by Crippen LogP contribution is 2.18. The normalized spacial score (nSPS) is 16.2. The lowest BCUT2D eigenvalue weighted by atomic mass is 9.94. The highest BCUT2D eigenvalue weighted by atomic mass is 35.5. The van der Waals surface area contributed by atoms with Gasteiger partial charge in [0.05, 0.1) is 6.42 Å². The monoisotopic (exact) mass is 427 g/mol. The van der Waals surface area contributed by atoms with E-state index in [4.69, 9.17) is 10.2 Å². The van der Waals surface area contributed by atoms with Crippen molar-refractivity contribution < 1.29 is 47.5 Å². The molecule has 0 unspecified atom stereocenters. The van der Waals surface area contributed by atoms with Gasteiger partial charge >= 0.3 is 11.9 Å². The fourth-order valence-electron chi connectivity index (χ4n) is 3.27. The highest BCUT2D eigenvalue weighted by Gasteiger charge is 2.33. The van der Waals surface area contributed by atoms with Crippen LogP contribution >= 0.6 is 0 Å². The molecule has 0 bridgehead atoms. The second kappa shape index (κ2) is 11.4. The van der Waals surface area contributed by atoms with Crippen molar-refractivity contribution in [2.75, 3.05) is 13.1 Å². The van der Waals surface area contributed by atoms with Gasteiger partial charge in [0.2, 0.25) is 5.91 Å². The molecule has 160 valence electrons. The highest BCUT2D eigenvalue weighted by molar-refractivity contribution is 5.88. The first kappa shape index (κ1) is 24.4. The minimum atomic E-state index is -1.46. The minimum Gasteiger partial charge on any atom is -1.00 e. The molecule has 1 aromatic rings. The van der Waals surface area contributed by atoms with Crippen molar-refractivity contribution in [2.45, 2.75) is 37.8 Å². The molecule has 1 heterocycles. The van der Waals surface area contributed by atoms with Crippen LogP contribution in [0.5, 0.6) is 0 Å². The Labute approximate surface area is 174 Å². The van der Waals surface area contributed by atoms with Gasteiger partial charge in [0.1, 0.15) is 6.04 Å². The van der Waals surface area contributed by atoms with Gasteiger partial charge in [0, 0.05) is 25.4 Å². The molecule has 1 aliphatic heterocycles. The van der Waals surface area contributed by atoms with Crippen LogP contribution in [-0.2, 0) is 25.6 Å². The molecule has 1 saturated heterocycles. The van der Waals surface area contributed by atoms with Crippen LogP contribution in [0.4, 0.5) is 0 Å². The quantitative estimate of drug-likeness (QED) is 0.333. The van der Waals surface area contributed by atoms with Crippen molar-refractivity contribution in [1.82, 2.24) is 10.2 Å². The van der Waals surface area contributed by atoms with Crippen LogP contribution in [0.2, 0.25) is 0 Å². The zero-order chi connectivity index (χ0) is 20.7. The van der Waals surface area contributed by atoms with Crippen LogP contribution in [0.25, 0.3) is 0 Å². The summed E-state index contributed by atoms with van der Waals surface area (Å²) >= 11 is 0. The van der Waals surface area contributed by atoms with Gasteiger partial charge in [-0.2, -0.15) is 0 Å². The fraction of sp³-hybridized carbons (Fsp3) is 0.474. The molecule has 2 rings (SSSR count). The number of nitrogens with zero attached hydrogens (tertiary/aromatic N) is 1. The third kappa shape index (κ3) is 7.35. The Hall–Kier alpha value is -2.65. The van der Waals surface area contributed by atoms with Gasteiger partial charge in [-0.05, 0) is 18.4 Å². The Balaban J connectivity index is 0.00000420. The van der Waals surface area contributed by atoms with Crippen molar-refractivity contribution in [3.63, 3.8) is 0 Å². The van der Waals surface area contributed by atoms with Crippen molar-refractivity contribution in [3.05, 3.63) is 35.9 Å². The van der Waals surface area contributed by atoms with Crippen LogP contribution < -0.4 is 23.5 Å². The van der Waals surface area contributed by atoms with Crippen LogP contribution in [0.3, 0.4) is 0 Å². The number of carboxylic acids is 2. The summed E-state index contributed by atoms with van der Waals surface area (Å²) in [7, 11) is 0. The van der Waals surface area contributed by atoms with Crippen molar-refractivity contribution in [2.24, 2.45) is 5.92 Å². The molecule has 2 atom stereocenters. The Kier molecular flexibility index (Phi) is 9.57. The summed E-state index contributed by atoms with van der Waals surface area (Å²) in [6.45, 7) is 0.767. The number of piperidine rings is 1. The second-order valence-corrected chi connectivity index (χ2v) is 6.98. The van der Waals surface area contributed by atoms with Crippen LogP contribution in [0, 0.1) is 5.92 Å². The van der Waals surface area contributed by atoms with Crippen LogP contribution in [0.1, 0.15) is 24.8 Å². The summed E-state index contributed by atoms with van der Waals surface area (Å²) in [5.74, 6) is -3.69. The molecule has 2 amide bonds. The number of benzene rings is 1. The third-order valence-electron chi connectivity index (χ3n) is 4.84. The molecule has 10 heteroatoms. The smallest absolute Gasteiger partial charge is 0.326 e. The number of carboxylic acid groups (broad SMARTS) is 2. The van der Waals surface area contributed by atoms with Crippen LogP contribution in [0.15, 0.2) is 30.3 Å². The first-order valence-corrected chi connectivity index (χ1v) is 9.18. The van der Waals surface area contributed by atoms with Crippen LogP contribution in [-0.4, -0.2) is 64.0 Å². The summed E-state index contributed by atoms with van der Waals surface area (Å²) in [6, 6.07) is 7.73. The van der Waals surface area contributed by atoms with Gasteiger partial charge in [0.15, 0.2) is 6.04 Å². The number of carbonyl (C=O) groups excluding carboxylic acids is 2. The number of likely N-dealkylation sites (tertiary alicyclic amines) is 1. The predicted molar refractivity (Wildman–Crippen MR) is 97.9 cm³/mol. The number of hydrogen-bond acceptors (Lipinski definition) is 4. The molecule has 0 saturated carbocycles. The minimum absolute atomic E-state index is 0. The zero-order valence-corrected chi connectivity index (χ0v) is 16.7. The topological polar surface area (TPSA) is 152 Å². The predicted octanol–water partition coefficient (Wildman–Crippen LogP) is -3.87. The van der Waals surface area contributed by atoms with E-state index in [1.165, 1.54) is 0 Å². The summed E-state index contributed by atoms with van der Waals surface area (Å²) in [5.41, 5.74) is 4.99. The third-order valence-corrected chi connectivity index (χ3v) is 4.84. The van der Waals surface area contributed by atoms with E-state index in [1.54, 1.807) is 4.90 Å². The summed E-state index contributed by atoms with van der Waals surface area (Å²) < 4.78 is 0. The van der Waals surface area contributed by atoms with E-state index in [-0.39, 0.29) is 18.3 Å². The number of carbonyl (C=O) groups is 4. The Bertz CT molecular complexity index is 722. The van der Waals surface area contributed by atoms with E-state index in [0.29, 0.717) is 32.4 Å². The first-order valence-electron chi connectivity index (χ1n) is 9.18. The molecule has 0 spiro atoms. The molecular formula is C19H26ClN3O6. The van der Waals surface area contributed by atoms with Gasteiger partial charge in [-0.25, -0.2) is 4.79 Å². The fourth-order valence-corrected chi connectivity index (χ4v) is 3.27. The Morgan fingerprint density at radius 2 is 1.69 bits per heavy atom. The number of quaternary nitrogens is 1. The maximum Gasteiger partial charge on any atom is 0.326 e. The number of rotatable bonds is 8. The number of nitrogens with one attached hydrogen (secondary N) is 1. The molecule has 1 aliphatic rings. The average molecular weight is 428 g/mol. The number of aliphatic carboxylic acids is 2. The number of halogens is 1. The molecular weight excluding hydrogens is 402 g/mol. The second-order valence-electron chi connectivity index (χ2n) is 6.98. The van der Waals surface area contributed by atoms with E-state index >= 15 is 0 Å². The first-order chi connectivity index (χ1) is 13.3. The average Bonchev–Trinajstić information content (AvgIpc) is 2.67. The SMILES string of the molecule is [Cl-].[NH3+][C@@H](Cc1ccccc1)C(=O)N1CCC(C(=O)N[C@@H](CC(=O)O)C(=O)O)CC1. The largest absolute Gasteiger partial charge is 1.00 e. The molecule has 9 nitrogen and oxygen atoms in total. The Morgan fingerprint density at radius 3 is 2.21 bits per heavy atom. The maximum atomic E-state index is 12.6. The maximum absolute atomic E-state index is 12.6. The molecule has 29 heavy (non-hydrogen) atoms. The van der Waals surface area contributed by atoms with Crippen molar-refractivity contribution >= 4 is 23.8 Å². The molecule has 0 aliphatic carbocycles. The van der Waals surface area contributed by atoms with Gasteiger partial charge in [0.25, 0.3) is 5.91 Å². The number of hydrogen-bond donors (Lipinski definition) is 4. The van der Waals surface area contributed by atoms with E-state index < -0.39 is 42.3 Å². The van der Waals surface area contributed by atoms with E-state index in [1.807, 2.05) is 30.3 Å². The van der Waals surface area contributed by atoms with E-state index in [2.05, 4.69) is 11.1 Å². The van der Waals surface area contributed by atoms with Gasteiger partial charge in [-0.15, -0.1) is 0 Å². The standard InChI is InChI=1S/C19H25N3O6.ClH/c20-14(10-12-4-2-1-3-5-12)18(26)22-8-6-13(7-9-22)17(25)21-15(19(27)28)11-16(23)24;/h1-5,13-15H,6-11,20H2,(H,21,25)(H,23,24)(H,27,28);1H/t14-,15-;/m0./s1. The molecule has 0 aromatic heterocycles. The van der Waals surface area contributed by atoms with Gasteiger partial charge in [-0.3, -0.25) is 14.4 Å². The lowest BCUT2D eigenvalue weighted by Crippen LogP contribution is -3.00. The van der Waals surface area contributed by atoms with Crippen molar-refractivity contribution in [1.29, 1.82) is 0 Å². The summed E-state index contributed by atoms with van der Waals surface area (Å²) in [4.78, 5) is 48.3. The Morgan fingerprint density at radius 1 is 1.10 bits per heavy atom. The lowest BCUT2D eigenvalue weighted by molar-refractivity contribution is -0.405. The van der Waals surface area contributed by atoms with Gasteiger partial charge in [-0.1, -0.05) is 30.3 Å². The van der Waals surface area contributed by atoms with Gasteiger partial charge < -0.3 is 38.6 Å². The molecule has 6 N–H and O–H groups in total. The molecule has 0 radical (unpaired) electrons. The van der Waals surface area contributed by atoms with E-state index in [9.17, 15) is 19.2 Å².